The molecule has 94 valence electrons. The first-order valence-corrected chi connectivity index (χ1v) is 5.41. The Morgan fingerprint density at radius 1 is 1.24 bits per heavy atom. The molecule has 0 aliphatic heterocycles. The highest BCUT2D eigenvalue weighted by Gasteiger charge is 2.43. The number of carbonyl (C=O) groups excluding carboxylic acids is 1. The molecule has 1 aromatic carbocycles. The van der Waals surface area contributed by atoms with E-state index >= 15 is 0 Å². The molecule has 0 N–H and O–H groups in total. The van der Waals surface area contributed by atoms with Gasteiger partial charge in [-0.15, -0.1) is 0 Å². The lowest BCUT2D eigenvalue weighted by atomic mass is 9.81. The van der Waals surface area contributed by atoms with Gasteiger partial charge in [-0.2, -0.15) is 13.2 Å². The van der Waals surface area contributed by atoms with Crippen LogP contribution >= 0.6 is 11.6 Å². The fourth-order valence-electron chi connectivity index (χ4n) is 1.69. The molecule has 1 nitrogen and oxygen atoms in total. The summed E-state index contributed by atoms with van der Waals surface area (Å²) in [5.41, 5.74) is -0.950. The Morgan fingerprint density at radius 3 is 2.18 bits per heavy atom. The van der Waals surface area contributed by atoms with E-state index in [1.54, 1.807) is 30.3 Å². The number of hydrogen-bond donors (Lipinski definition) is 0. The smallest absolute Gasteiger partial charge is 0.281 e. The average Bonchev–Trinajstić information content (AvgIpc) is 2.15. The van der Waals surface area contributed by atoms with Crippen molar-refractivity contribution < 1.29 is 18.0 Å². The van der Waals surface area contributed by atoms with E-state index in [0.717, 1.165) is 0 Å². The van der Waals surface area contributed by atoms with Crippen molar-refractivity contribution in [2.24, 2.45) is 5.41 Å². The maximum atomic E-state index is 12.4. The van der Waals surface area contributed by atoms with E-state index < -0.39 is 23.3 Å². The number of rotatable bonds is 4. The first kappa shape index (κ1) is 14.0. The van der Waals surface area contributed by atoms with Gasteiger partial charge >= 0.3 is 6.18 Å². The molecule has 0 amide bonds. The zero-order valence-corrected chi connectivity index (χ0v) is 9.98. The number of halogens is 4. The van der Waals surface area contributed by atoms with Gasteiger partial charge in [-0.1, -0.05) is 37.3 Å². The number of carbonyl (C=O) groups is 1. The summed E-state index contributed by atoms with van der Waals surface area (Å²) in [6.07, 6.45) is -5.64. The van der Waals surface area contributed by atoms with Crippen molar-refractivity contribution in [2.75, 3.05) is 0 Å². The lowest BCUT2D eigenvalue weighted by Crippen LogP contribution is -2.32. The summed E-state index contributed by atoms with van der Waals surface area (Å²) < 4.78 is 37.2. The van der Waals surface area contributed by atoms with Crippen LogP contribution in [0.25, 0.3) is 0 Å². The molecule has 5 heteroatoms. The molecule has 0 radical (unpaired) electrons. The molecule has 0 fully saturated rings. The van der Waals surface area contributed by atoms with E-state index in [0.29, 0.717) is 5.56 Å². The minimum absolute atomic E-state index is 0.0182. The third-order valence-electron chi connectivity index (χ3n) is 2.50. The van der Waals surface area contributed by atoms with Gasteiger partial charge < -0.3 is 0 Å². The fraction of sp³-hybridized carbons (Fsp3) is 0.417. The van der Waals surface area contributed by atoms with Crippen LogP contribution in [0.15, 0.2) is 30.3 Å². The largest absolute Gasteiger partial charge is 0.390 e. The molecule has 1 atom stereocenters. The van der Waals surface area contributed by atoms with Gasteiger partial charge in [0.05, 0.1) is 11.8 Å². The summed E-state index contributed by atoms with van der Waals surface area (Å²) in [7, 11) is 0. The SMILES string of the molecule is C[C@@](Cc1ccccc1)(CC(F)(F)F)C(=O)Cl. The summed E-state index contributed by atoms with van der Waals surface area (Å²) in [4.78, 5) is 11.2. The zero-order valence-electron chi connectivity index (χ0n) is 9.22. The summed E-state index contributed by atoms with van der Waals surface area (Å²) in [5.74, 6) is 0. The molecule has 0 aliphatic rings. The first-order valence-electron chi connectivity index (χ1n) is 5.03. The van der Waals surface area contributed by atoms with Crippen LogP contribution in [0.3, 0.4) is 0 Å². The van der Waals surface area contributed by atoms with Crippen LogP contribution in [-0.2, 0) is 11.2 Å². The second kappa shape index (κ2) is 5.08. The highest BCUT2D eigenvalue weighted by Crippen LogP contribution is 2.37. The van der Waals surface area contributed by atoms with Gasteiger partial charge in [0.1, 0.15) is 0 Å². The Morgan fingerprint density at radius 2 is 1.76 bits per heavy atom. The van der Waals surface area contributed by atoms with Gasteiger partial charge in [-0.25, -0.2) is 0 Å². The molecule has 0 unspecified atom stereocenters. The Hall–Kier alpha value is -1.03. The summed E-state index contributed by atoms with van der Waals surface area (Å²) in [6, 6.07) is 8.53. The normalized spacial score (nSPS) is 15.4. The minimum Gasteiger partial charge on any atom is -0.281 e. The molecule has 0 saturated heterocycles. The van der Waals surface area contributed by atoms with Crippen molar-refractivity contribution in [2.45, 2.75) is 25.9 Å². The fourth-order valence-corrected chi connectivity index (χ4v) is 1.82. The summed E-state index contributed by atoms with van der Waals surface area (Å²) in [6.45, 7) is 1.24. The Labute approximate surface area is 103 Å². The van der Waals surface area contributed by atoms with E-state index in [4.69, 9.17) is 11.6 Å². The van der Waals surface area contributed by atoms with Gasteiger partial charge in [-0.3, -0.25) is 4.79 Å². The maximum absolute atomic E-state index is 12.4. The van der Waals surface area contributed by atoms with Crippen molar-refractivity contribution in [1.82, 2.24) is 0 Å². The molecule has 0 heterocycles. The molecule has 0 aliphatic carbocycles. The summed E-state index contributed by atoms with van der Waals surface area (Å²) >= 11 is 5.30. The second-order valence-corrected chi connectivity index (χ2v) is 4.63. The van der Waals surface area contributed by atoms with E-state index in [-0.39, 0.29) is 6.42 Å². The van der Waals surface area contributed by atoms with Gasteiger partial charge in [-0.05, 0) is 23.6 Å². The standard InChI is InChI=1S/C12H12ClF3O/c1-11(10(13)17,8-12(14,15)16)7-9-5-3-2-4-6-9/h2-6H,7-8H2,1H3/t11-/m1/s1. The van der Waals surface area contributed by atoms with Crippen molar-refractivity contribution in [1.29, 1.82) is 0 Å². The van der Waals surface area contributed by atoms with Gasteiger partial charge in [0.25, 0.3) is 0 Å². The van der Waals surface area contributed by atoms with E-state index in [1.807, 2.05) is 0 Å². The van der Waals surface area contributed by atoms with Crippen LogP contribution in [0, 0.1) is 5.41 Å². The molecule has 17 heavy (non-hydrogen) atoms. The highest BCUT2D eigenvalue weighted by atomic mass is 35.5. The molecule has 0 saturated carbocycles. The Kier molecular flexibility index (Phi) is 4.20. The maximum Gasteiger partial charge on any atom is 0.390 e. The van der Waals surface area contributed by atoms with Crippen molar-refractivity contribution in [3.63, 3.8) is 0 Å². The molecular formula is C12H12ClF3O. The van der Waals surface area contributed by atoms with Crippen LogP contribution in [0.1, 0.15) is 18.9 Å². The van der Waals surface area contributed by atoms with Crippen LogP contribution < -0.4 is 0 Å². The molecule has 1 rings (SSSR count). The monoisotopic (exact) mass is 264 g/mol. The molecule has 0 spiro atoms. The van der Waals surface area contributed by atoms with Gasteiger partial charge in [0, 0.05) is 0 Å². The van der Waals surface area contributed by atoms with Crippen LogP contribution in [0.4, 0.5) is 13.2 Å². The first-order chi connectivity index (χ1) is 7.73. The lowest BCUT2D eigenvalue weighted by molar-refractivity contribution is -0.161. The second-order valence-electron chi connectivity index (χ2n) is 4.29. The molecule has 1 aromatic rings. The van der Waals surface area contributed by atoms with E-state index in [2.05, 4.69) is 0 Å². The Balaban J connectivity index is 2.90. The third-order valence-corrected chi connectivity index (χ3v) is 2.96. The average molecular weight is 265 g/mol. The van der Waals surface area contributed by atoms with Crippen LogP contribution in [0.2, 0.25) is 0 Å². The predicted octanol–water partition coefficient (Wildman–Crippen LogP) is 3.95. The molecular weight excluding hydrogens is 253 g/mol. The number of hydrogen-bond acceptors (Lipinski definition) is 1. The van der Waals surface area contributed by atoms with Crippen molar-refractivity contribution in [3.05, 3.63) is 35.9 Å². The zero-order chi connectivity index (χ0) is 13.1. The molecule has 0 aromatic heterocycles. The third kappa shape index (κ3) is 4.38. The van der Waals surface area contributed by atoms with Crippen molar-refractivity contribution >= 4 is 16.8 Å². The van der Waals surface area contributed by atoms with Gasteiger partial charge in [0.15, 0.2) is 0 Å². The minimum atomic E-state index is -4.41. The lowest BCUT2D eigenvalue weighted by Gasteiger charge is -2.26. The predicted molar refractivity (Wildman–Crippen MR) is 59.8 cm³/mol. The topological polar surface area (TPSA) is 17.1 Å². The quantitative estimate of drug-likeness (QED) is 0.753. The number of alkyl halides is 3. The number of benzene rings is 1. The summed E-state index contributed by atoms with van der Waals surface area (Å²) in [5, 5.41) is -0.960. The van der Waals surface area contributed by atoms with Crippen LogP contribution in [0.5, 0.6) is 0 Å². The van der Waals surface area contributed by atoms with Crippen LogP contribution in [-0.4, -0.2) is 11.4 Å². The highest BCUT2D eigenvalue weighted by molar-refractivity contribution is 6.64. The van der Waals surface area contributed by atoms with E-state index in [9.17, 15) is 18.0 Å². The Bertz CT molecular complexity index is 388. The van der Waals surface area contributed by atoms with E-state index in [1.165, 1.54) is 6.92 Å². The van der Waals surface area contributed by atoms with Gasteiger partial charge in [0.2, 0.25) is 5.24 Å². The molecule has 0 bridgehead atoms. The van der Waals surface area contributed by atoms with Crippen molar-refractivity contribution in [3.8, 4) is 0 Å².